The predicted molar refractivity (Wildman–Crippen MR) is 89.5 cm³/mol. The van der Waals surface area contributed by atoms with E-state index in [9.17, 15) is 0 Å². The predicted octanol–water partition coefficient (Wildman–Crippen LogP) is 2.60. The van der Waals surface area contributed by atoms with Crippen LogP contribution in [0.1, 0.15) is 19.8 Å². The maximum absolute atomic E-state index is 4.27. The van der Waals surface area contributed by atoms with Crippen molar-refractivity contribution < 1.29 is 0 Å². The number of nitrogens with zero attached hydrogens (tertiary/aromatic N) is 2. The highest BCUT2D eigenvalue weighted by molar-refractivity contribution is 9.10. The van der Waals surface area contributed by atoms with Crippen molar-refractivity contribution in [3.63, 3.8) is 0 Å². The molecule has 0 radical (unpaired) electrons. The molecule has 0 aliphatic carbocycles. The van der Waals surface area contributed by atoms with E-state index in [2.05, 4.69) is 67.6 Å². The standard InChI is InChI=1S/C15H23BrN4/c1-3-9-18-15(17-2)19-12-8-10-20(11-12)14-7-5-4-6-13(14)16/h4-7,12H,3,8-11H2,1-2H3,(H2,17,18,19). The van der Waals surface area contributed by atoms with Gasteiger partial charge in [0.15, 0.2) is 5.96 Å². The summed E-state index contributed by atoms with van der Waals surface area (Å²) >= 11 is 3.63. The lowest BCUT2D eigenvalue weighted by Crippen LogP contribution is -2.44. The minimum absolute atomic E-state index is 0.449. The first kappa shape index (κ1) is 15.2. The van der Waals surface area contributed by atoms with E-state index in [1.54, 1.807) is 0 Å². The second kappa shape index (κ2) is 7.53. The smallest absolute Gasteiger partial charge is 0.191 e. The number of hydrogen-bond donors (Lipinski definition) is 2. The van der Waals surface area contributed by atoms with Crippen LogP contribution in [0.2, 0.25) is 0 Å². The van der Waals surface area contributed by atoms with E-state index >= 15 is 0 Å². The summed E-state index contributed by atoms with van der Waals surface area (Å²) in [5.74, 6) is 0.908. The number of hydrogen-bond acceptors (Lipinski definition) is 2. The van der Waals surface area contributed by atoms with Gasteiger partial charge in [-0.05, 0) is 40.9 Å². The van der Waals surface area contributed by atoms with Crippen LogP contribution in [-0.4, -0.2) is 38.7 Å². The number of halogens is 1. The second-order valence-electron chi connectivity index (χ2n) is 5.03. The monoisotopic (exact) mass is 338 g/mol. The Morgan fingerprint density at radius 3 is 2.95 bits per heavy atom. The number of aliphatic imine (C=N–C) groups is 1. The Hall–Kier alpha value is -1.23. The zero-order valence-electron chi connectivity index (χ0n) is 12.2. The number of rotatable bonds is 4. The molecule has 1 aliphatic rings. The molecule has 1 fully saturated rings. The minimum Gasteiger partial charge on any atom is -0.368 e. The molecule has 1 saturated heterocycles. The van der Waals surface area contributed by atoms with E-state index in [0.29, 0.717) is 6.04 Å². The van der Waals surface area contributed by atoms with E-state index in [1.165, 1.54) is 5.69 Å². The molecule has 5 heteroatoms. The summed E-state index contributed by atoms with van der Waals surface area (Å²) in [5.41, 5.74) is 1.27. The molecule has 1 unspecified atom stereocenters. The number of benzene rings is 1. The third kappa shape index (κ3) is 3.88. The molecule has 1 aromatic rings. The van der Waals surface area contributed by atoms with Gasteiger partial charge in [0.1, 0.15) is 0 Å². The maximum atomic E-state index is 4.27. The Kier molecular flexibility index (Phi) is 5.71. The fraction of sp³-hybridized carbons (Fsp3) is 0.533. The molecule has 2 rings (SSSR count). The highest BCUT2D eigenvalue weighted by Gasteiger charge is 2.24. The maximum Gasteiger partial charge on any atom is 0.191 e. The summed E-state index contributed by atoms with van der Waals surface area (Å²) in [4.78, 5) is 6.68. The molecular formula is C15H23BrN4. The quantitative estimate of drug-likeness (QED) is 0.654. The molecule has 1 heterocycles. The largest absolute Gasteiger partial charge is 0.368 e. The van der Waals surface area contributed by atoms with Crippen LogP contribution in [0.5, 0.6) is 0 Å². The Balaban J connectivity index is 1.91. The Morgan fingerprint density at radius 1 is 1.45 bits per heavy atom. The normalized spacial score (nSPS) is 19.2. The number of para-hydroxylation sites is 1. The van der Waals surface area contributed by atoms with E-state index < -0.39 is 0 Å². The van der Waals surface area contributed by atoms with E-state index in [4.69, 9.17) is 0 Å². The first-order valence-electron chi connectivity index (χ1n) is 7.21. The molecule has 0 amide bonds. The molecule has 0 aromatic heterocycles. The van der Waals surface area contributed by atoms with Gasteiger partial charge in [0.05, 0.1) is 5.69 Å². The topological polar surface area (TPSA) is 39.7 Å². The van der Waals surface area contributed by atoms with Crippen molar-refractivity contribution in [2.24, 2.45) is 4.99 Å². The number of guanidine groups is 1. The van der Waals surface area contributed by atoms with E-state index in [0.717, 1.165) is 42.9 Å². The van der Waals surface area contributed by atoms with Gasteiger partial charge in [-0.25, -0.2) is 0 Å². The van der Waals surface area contributed by atoms with Gasteiger partial charge in [0, 0.05) is 37.2 Å². The van der Waals surface area contributed by atoms with Crippen molar-refractivity contribution in [2.45, 2.75) is 25.8 Å². The van der Waals surface area contributed by atoms with Gasteiger partial charge in [-0.1, -0.05) is 19.1 Å². The van der Waals surface area contributed by atoms with Crippen molar-refractivity contribution in [3.8, 4) is 0 Å². The third-order valence-corrected chi connectivity index (χ3v) is 4.16. The fourth-order valence-corrected chi connectivity index (χ4v) is 2.97. The van der Waals surface area contributed by atoms with E-state index in [-0.39, 0.29) is 0 Å². The molecule has 0 saturated carbocycles. The van der Waals surface area contributed by atoms with Crippen LogP contribution in [0, 0.1) is 0 Å². The molecule has 4 nitrogen and oxygen atoms in total. The molecule has 20 heavy (non-hydrogen) atoms. The minimum atomic E-state index is 0.449. The van der Waals surface area contributed by atoms with Gasteiger partial charge in [-0.2, -0.15) is 0 Å². The molecule has 1 aromatic carbocycles. The van der Waals surface area contributed by atoms with E-state index in [1.807, 2.05) is 7.05 Å². The number of anilines is 1. The van der Waals surface area contributed by atoms with Gasteiger partial charge >= 0.3 is 0 Å². The third-order valence-electron chi connectivity index (χ3n) is 3.49. The van der Waals surface area contributed by atoms with Crippen molar-refractivity contribution in [1.82, 2.24) is 10.6 Å². The van der Waals surface area contributed by atoms with Crippen LogP contribution in [-0.2, 0) is 0 Å². The summed E-state index contributed by atoms with van der Waals surface area (Å²) < 4.78 is 1.16. The van der Waals surface area contributed by atoms with Gasteiger partial charge in [-0.15, -0.1) is 0 Å². The Morgan fingerprint density at radius 2 is 2.25 bits per heavy atom. The highest BCUT2D eigenvalue weighted by Crippen LogP contribution is 2.28. The van der Waals surface area contributed by atoms with Crippen molar-refractivity contribution in [3.05, 3.63) is 28.7 Å². The fourth-order valence-electron chi connectivity index (χ4n) is 2.44. The Bertz CT molecular complexity index is 461. The number of nitrogens with one attached hydrogen (secondary N) is 2. The summed E-state index contributed by atoms with van der Waals surface area (Å²) in [5, 5.41) is 6.82. The lowest BCUT2D eigenvalue weighted by atomic mass is 10.3. The molecule has 0 bridgehead atoms. The average Bonchev–Trinajstić information content (AvgIpc) is 2.92. The first-order valence-corrected chi connectivity index (χ1v) is 8.00. The summed E-state index contributed by atoms with van der Waals surface area (Å²) in [6.07, 6.45) is 2.24. The molecule has 0 spiro atoms. The average molecular weight is 339 g/mol. The molecule has 1 aliphatic heterocycles. The van der Waals surface area contributed by atoms with Crippen LogP contribution >= 0.6 is 15.9 Å². The Labute approximate surface area is 129 Å². The van der Waals surface area contributed by atoms with Gasteiger partial charge < -0.3 is 15.5 Å². The van der Waals surface area contributed by atoms with Gasteiger partial charge in [0.2, 0.25) is 0 Å². The van der Waals surface area contributed by atoms with Crippen molar-refractivity contribution in [2.75, 3.05) is 31.6 Å². The van der Waals surface area contributed by atoms with Crippen LogP contribution in [0.25, 0.3) is 0 Å². The van der Waals surface area contributed by atoms with Crippen molar-refractivity contribution >= 4 is 27.6 Å². The van der Waals surface area contributed by atoms with Crippen LogP contribution in [0.15, 0.2) is 33.7 Å². The van der Waals surface area contributed by atoms with Crippen molar-refractivity contribution in [1.29, 1.82) is 0 Å². The summed E-state index contributed by atoms with van der Waals surface area (Å²) in [6.45, 7) is 5.20. The summed E-state index contributed by atoms with van der Waals surface area (Å²) in [6, 6.07) is 8.84. The van der Waals surface area contributed by atoms with Gasteiger partial charge in [-0.3, -0.25) is 4.99 Å². The first-order chi connectivity index (χ1) is 9.74. The zero-order chi connectivity index (χ0) is 14.4. The lowest BCUT2D eigenvalue weighted by Gasteiger charge is -2.21. The highest BCUT2D eigenvalue weighted by atomic mass is 79.9. The van der Waals surface area contributed by atoms with Crippen LogP contribution in [0.4, 0.5) is 5.69 Å². The molecule has 110 valence electrons. The SMILES string of the molecule is CCCNC(=NC)NC1CCN(c2ccccc2Br)C1. The second-order valence-corrected chi connectivity index (χ2v) is 5.88. The van der Waals surface area contributed by atoms with Crippen LogP contribution < -0.4 is 15.5 Å². The van der Waals surface area contributed by atoms with Crippen LogP contribution in [0.3, 0.4) is 0 Å². The molecule has 1 atom stereocenters. The molecule has 2 N–H and O–H groups in total. The van der Waals surface area contributed by atoms with Gasteiger partial charge in [0.25, 0.3) is 0 Å². The molecular weight excluding hydrogens is 316 g/mol. The summed E-state index contributed by atoms with van der Waals surface area (Å²) in [7, 11) is 1.82. The lowest BCUT2D eigenvalue weighted by molar-refractivity contribution is 0.647. The zero-order valence-corrected chi connectivity index (χ0v) is 13.8.